The van der Waals surface area contributed by atoms with Gasteiger partial charge in [0.25, 0.3) is 0 Å². The first-order valence-corrected chi connectivity index (χ1v) is 7.62. The molecule has 0 bridgehead atoms. The van der Waals surface area contributed by atoms with Crippen molar-refractivity contribution < 1.29 is 19.8 Å². The molecule has 0 heterocycles. The first-order valence-electron chi connectivity index (χ1n) is 7.62. The molecule has 0 atom stereocenters. The Morgan fingerprint density at radius 2 is 1.35 bits per heavy atom. The fourth-order valence-corrected chi connectivity index (χ4v) is 2.34. The highest BCUT2D eigenvalue weighted by Gasteiger charge is 2.10. The molecule has 0 spiro atoms. The number of hydrogen-bond donors (Lipinski definition) is 2. The summed E-state index contributed by atoms with van der Waals surface area (Å²) >= 11 is 0. The summed E-state index contributed by atoms with van der Waals surface area (Å²) in [6, 6.07) is 13.5. The number of Topliss-reactive ketones (excluding diaryl/α,β-unsaturated/α-hetero) is 2. The summed E-state index contributed by atoms with van der Waals surface area (Å²) in [5.41, 5.74) is 1.85. The van der Waals surface area contributed by atoms with Crippen molar-refractivity contribution in [2.75, 3.05) is 0 Å². The number of aryl methyl sites for hydroxylation is 2. The van der Waals surface area contributed by atoms with E-state index < -0.39 is 0 Å². The Balaban J connectivity index is 1.72. The van der Waals surface area contributed by atoms with Gasteiger partial charge in [0.15, 0.2) is 0 Å². The number of rotatable bonds is 8. The van der Waals surface area contributed by atoms with E-state index >= 15 is 0 Å². The largest absolute Gasteiger partial charge is 0.508 e. The van der Waals surface area contributed by atoms with Crippen molar-refractivity contribution in [1.82, 2.24) is 0 Å². The van der Waals surface area contributed by atoms with Crippen LogP contribution in [0.5, 0.6) is 11.5 Å². The average Bonchev–Trinajstić information content (AvgIpc) is 2.52. The standard InChI is InChI=1S/C19H20O4/c20-16-8-4-14(5-9-16)6-10-18(22)13-19(23)11-7-15-2-1-3-17(21)12-15/h1-5,8-9,12,20-21H,6-7,10-11,13H2. The number of carbonyl (C=O) groups is 2. The van der Waals surface area contributed by atoms with Crippen molar-refractivity contribution in [3.8, 4) is 11.5 Å². The van der Waals surface area contributed by atoms with Crippen LogP contribution in [0.4, 0.5) is 0 Å². The molecule has 2 N–H and O–H groups in total. The van der Waals surface area contributed by atoms with Crippen LogP contribution in [0.2, 0.25) is 0 Å². The highest BCUT2D eigenvalue weighted by molar-refractivity contribution is 5.99. The molecule has 23 heavy (non-hydrogen) atoms. The van der Waals surface area contributed by atoms with E-state index in [9.17, 15) is 19.8 Å². The zero-order valence-electron chi connectivity index (χ0n) is 12.9. The Morgan fingerprint density at radius 3 is 1.96 bits per heavy atom. The Bertz CT molecular complexity index is 674. The minimum absolute atomic E-state index is 0.0447. The second-order valence-electron chi connectivity index (χ2n) is 5.59. The Kier molecular flexibility index (Phi) is 5.92. The average molecular weight is 312 g/mol. The third-order valence-corrected chi connectivity index (χ3v) is 3.63. The summed E-state index contributed by atoms with van der Waals surface area (Å²) in [4.78, 5) is 23.7. The summed E-state index contributed by atoms with van der Waals surface area (Å²) in [6.07, 6.45) is 1.67. The van der Waals surface area contributed by atoms with Crippen LogP contribution in [-0.2, 0) is 22.4 Å². The van der Waals surface area contributed by atoms with Crippen molar-refractivity contribution in [1.29, 1.82) is 0 Å². The Hall–Kier alpha value is -2.62. The van der Waals surface area contributed by atoms with Gasteiger partial charge in [-0.2, -0.15) is 0 Å². The van der Waals surface area contributed by atoms with Gasteiger partial charge in [-0.3, -0.25) is 9.59 Å². The van der Waals surface area contributed by atoms with Crippen molar-refractivity contribution >= 4 is 11.6 Å². The third kappa shape index (κ3) is 5.94. The molecule has 4 heteroatoms. The molecule has 0 aromatic heterocycles. The maximum Gasteiger partial charge on any atom is 0.140 e. The molecule has 2 aromatic carbocycles. The SMILES string of the molecule is O=C(CCc1ccc(O)cc1)CC(=O)CCc1cccc(O)c1. The maximum atomic E-state index is 11.9. The van der Waals surface area contributed by atoms with Crippen LogP contribution < -0.4 is 0 Å². The van der Waals surface area contributed by atoms with Gasteiger partial charge in [0, 0.05) is 12.8 Å². The second kappa shape index (κ2) is 8.13. The predicted octanol–water partition coefficient (Wildman–Crippen LogP) is 3.19. The second-order valence-corrected chi connectivity index (χ2v) is 5.59. The number of aromatic hydroxyl groups is 2. The normalized spacial score (nSPS) is 10.4. The van der Waals surface area contributed by atoms with Crippen LogP contribution in [0.1, 0.15) is 30.4 Å². The van der Waals surface area contributed by atoms with Gasteiger partial charge < -0.3 is 10.2 Å². The van der Waals surface area contributed by atoms with Crippen LogP contribution in [0.15, 0.2) is 48.5 Å². The van der Waals surface area contributed by atoms with Crippen molar-refractivity contribution in [2.45, 2.75) is 32.1 Å². The predicted molar refractivity (Wildman–Crippen MR) is 87.5 cm³/mol. The summed E-state index contributed by atoms with van der Waals surface area (Å²) in [5, 5.41) is 18.6. The highest BCUT2D eigenvalue weighted by Crippen LogP contribution is 2.14. The van der Waals surface area contributed by atoms with Gasteiger partial charge in [-0.15, -0.1) is 0 Å². The number of phenols is 2. The van der Waals surface area contributed by atoms with Gasteiger partial charge in [0.2, 0.25) is 0 Å². The summed E-state index contributed by atoms with van der Waals surface area (Å²) in [6.45, 7) is 0. The van der Waals surface area contributed by atoms with Gasteiger partial charge in [0.05, 0.1) is 6.42 Å². The lowest BCUT2D eigenvalue weighted by Crippen LogP contribution is -2.09. The number of phenolic OH excluding ortho intramolecular Hbond substituents is 2. The zero-order chi connectivity index (χ0) is 16.7. The van der Waals surface area contributed by atoms with Gasteiger partial charge in [-0.1, -0.05) is 24.3 Å². The molecule has 0 aliphatic carbocycles. The van der Waals surface area contributed by atoms with Crippen LogP contribution in [-0.4, -0.2) is 21.8 Å². The first-order chi connectivity index (χ1) is 11.0. The zero-order valence-corrected chi connectivity index (χ0v) is 12.9. The van der Waals surface area contributed by atoms with E-state index in [-0.39, 0.29) is 29.5 Å². The van der Waals surface area contributed by atoms with Crippen LogP contribution >= 0.6 is 0 Å². The lowest BCUT2D eigenvalue weighted by molar-refractivity contribution is -0.126. The molecule has 4 nitrogen and oxygen atoms in total. The summed E-state index contributed by atoms with van der Waals surface area (Å²) in [7, 11) is 0. The molecule has 0 saturated carbocycles. The molecule has 2 aromatic rings. The maximum absolute atomic E-state index is 11.9. The molecular formula is C19H20O4. The molecule has 0 fully saturated rings. The van der Waals surface area contributed by atoms with E-state index in [1.165, 1.54) is 0 Å². The smallest absolute Gasteiger partial charge is 0.140 e. The molecule has 2 rings (SSSR count). The van der Waals surface area contributed by atoms with Crippen LogP contribution in [0.25, 0.3) is 0 Å². The van der Waals surface area contributed by atoms with E-state index in [0.717, 1.165) is 11.1 Å². The van der Waals surface area contributed by atoms with Gasteiger partial charge in [0.1, 0.15) is 23.1 Å². The van der Waals surface area contributed by atoms with E-state index in [2.05, 4.69) is 0 Å². The number of carbonyl (C=O) groups excluding carboxylic acids is 2. The third-order valence-electron chi connectivity index (χ3n) is 3.63. The topological polar surface area (TPSA) is 74.6 Å². The van der Waals surface area contributed by atoms with Crippen LogP contribution in [0.3, 0.4) is 0 Å². The monoisotopic (exact) mass is 312 g/mol. The summed E-state index contributed by atoms with van der Waals surface area (Å²) < 4.78 is 0. The lowest BCUT2D eigenvalue weighted by Gasteiger charge is -2.03. The molecule has 120 valence electrons. The van der Waals surface area contributed by atoms with Crippen molar-refractivity contribution in [2.24, 2.45) is 0 Å². The molecule has 0 unspecified atom stereocenters. The Morgan fingerprint density at radius 1 is 0.739 bits per heavy atom. The van der Waals surface area contributed by atoms with Gasteiger partial charge in [-0.25, -0.2) is 0 Å². The van der Waals surface area contributed by atoms with Gasteiger partial charge in [-0.05, 0) is 48.2 Å². The van der Waals surface area contributed by atoms with E-state index in [4.69, 9.17) is 0 Å². The number of ketones is 2. The first kappa shape index (κ1) is 16.7. The molecule has 0 aliphatic rings. The fraction of sp³-hybridized carbons (Fsp3) is 0.263. The lowest BCUT2D eigenvalue weighted by atomic mass is 10.0. The minimum atomic E-state index is -0.0796. The van der Waals surface area contributed by atoms with E-state index in [0.29, 0.717) is 25.7 Å². The Labute approximate surface area is 135 Å². The number of benzene rings is 2. The minimum Gasteiger partial charge on any atom is -0.508 e. The fourth-order valence-electron chi connectivity index (χ4n) is 2.34. The van der Waals surface area contributed by atoms with Gasteiger partial charge >= 0.3 is 0 Å². The molecule has 0 aliphatic heterocycles. The van der Waals surface area contributed by atoms with Crippen molar-refractivity contribution in [3.63, 3.8) is 0 Å². The van der Waals surface area contributed by atoms with E-state index in [1.54, 1.807) is 42.5 Å². The quantitative estimate of drug-likeness (QED) is 0.734. The highest BCUT2D eigenvalue weighted by atomic mass is 16.3. The van der Waals surface area contributed by atoms with Crippen LogP contribution in [0, 0.1) is 0 Å². The van der Waals surface area contributed by atoms with E-state index in [1.807, 2.05) is 6.07 Å². The molecule has 0 radical (unpaired) electrons. The summed E-state index contributed by atoms with van der Waals surface area (Å²) in [5.74, 6) is 0.227. The molecule has 0 amide bonds. The molecular weight excluding hydrogens is 292 g/mol. The molecule has 0 saturated heterocycles. The van der Waals surface area contributed by atoms with Crippen molar-refractivity contribution in [3.05, 3.63) is 59.7 Å². The number of hydrogen-bond acceptors (Lipinski definition) is 4.